The van der Waals surface area contributed by atoms with Gasteiger partial charge in [-0.2, -0.15) is 5.10 Å². The number of H-pyrrole nitrogens is 1. The Hall–Kier alpha value is -2.50. The third kappa shape index (κ3) is 1.80. The molecular formula is C14H14N2O4. The van der Waals surface area contributed by atoms with Crippen molar-refractivity contribution in [3.8, 4) is 22.8 Å². The third-order valence-electron chi connectivity index (χ3n) is 3.41. The standard InChI is InChI=1S/C14H14N2O4/c1-7-5-11-8(3-4-20-11)12(13(7)19-2)9-6-10(14(17)18)16-15-9/h5-6H,3-4H2,1-2H3,(H,15,16)(H,17,18). The van der Waals surface area contributed by atoms with Crippen LogP contribution in [-0.2, 0) is 6.42 Å². The summed E-state index contributed by atoms with van der Waals surface area (Å²) < 4.78 is 11.1. The molecule has 1 aliphatic rings. The largest absolute Gasteiger partial charge is 0.496 e. The molecular weight excluding hydrogens is 260 g/mol. The minimum Gasteiger partial charge on any atom is -0.496 e. The van der Waals surface area contributed by atoms with Gasteiger partial charge in [0.05, 0.1) is 25.0 Å². The molecule has 2 aromatic rings. The van der Waals surface area contributed by atoms with E-state index in [4.69, 9.17) is 14.6 Å². The summed E-state index contributed by atoms with van der Waals surface area (Å²) in [6.45, 7) is 2.54. The summed E-state index contributed by atoms with van der Waals surface area (Å²) in [5.74, 6) is 0.485. The highest BCUT2D eigenvalue weighted by Gasteiger charge is 2.25. The molecule has 6 heteroatoms. The molecule has 1 aliphatic heterocycles. The second-order valence-electron chi connectivity index (χ2n) is 4.65. The number of carboxylic acids is 1. The third-order valence-corrected chi connectivity index (χ3v) is 3.41. The molecule has 0 atom stereocenters. The Labute approximate surface area is 115 Å². The van der Waals surface area contributed by atoms with E-state index in [0.717, 1.165) is 28.9 Å². The molecule has 0 bridgehead atoms. The van der Waals surface area contributed by atoms with Crippen molar-refractivity contribution in [2.45, 2.75) is 13.3 Å². The van der Waals surface area contributed by atoms with Crippen LogP contribution in [0.5, 0.6) is 11.5 Å². The molecule has 6 nitrogen and oxygen atoms in total. The van der Waals surface area contributed by atoms with Crippen LogP contribution in [0.2, 0.25) is 0 Å². The lowest BCUT2D eigenvalue weighted by atomic mass is 9.98. The van der Waals surface area contributed by atoms with Crippen molar-refractivity contribution in [3.63, 3.8) is 0 Å². The van der Waals surface area contributed by atoms with Crippen molar-refractivity contribution < 1.29 is 19.4 Å². The normalized spacial score (nSPS) is 12.9. The van der Waals surface area contributed by atoms with Gasteiger partial charge in [-0.05, 0) is 24.6 Å². The first-order valence-electron chi connectivity index (χ1n) is 6.24. The first kappa shape index (κ1) is 12.5. The monoisotopic (exact) mass is 274 g/mol. The van der Waals surface area contributed by atoms with E-state index in [0.29, 0.717) is 18.1 Å². The number of hydrogen-bond acceptors (Lipinski definition) is 4. The minimum atomic E-state index is -1.04. The fourth-order valence-electron chi connectivity index (χ4n) is 2.54. The second-order valence-corrected chi connectivity index (χ2v) is 4.65. The maximum atomic E-state index is 11.0. The first-order chi connectivity index (χ1) is 9.61. The molecule has 3 rings (SSSR count). The lowest BCUT2D eigenvalue weighted by Gasteiger charge is -2.13. The smallest absolute Gasteiger partial charge is 0.353 e. The van der Waals surface area contributed by atoms with Crippen molar-refractivity contribution in [2.75, 3.05) is 13.7 Å². The quantitative estimate of drug-likeness (QED) is 0.894. The summed E-state index contributed by atoms with van der Waals surface area (Å²) >= 11 is 0. The van der Waals surface area contributed by atoms with Gasteiger partial charge in [0.1, 0.15) is 17.2 Å². The van der Waals surface area contributed by atoms with Crippen molar-refractivity contribution in [1.29, 1.82) is 0 Å². The van der Waals surface area contributed by atoms with Gasteiger partial charge in [-0.3, -0.25) is 5.10 Å². The zero-order valence-corrected chi connectivity index (χ0v) is 11.2. The Morgan fingerprint density at radius 1 is 1.50 bits per heavy atom. The second kappa shape index (κ2) is 4.56. The number of nitrogens with zero attached hydrogens (tertiary/aromatic N) is 1. The average Bonchev–Trinajstić information content (AvgIpc) is 3.05. The van der Waals surface area contributed by atoms with E-state index in [2.05, 4.69) is 10.2 Å². The topological polar surface area (TPSA) is 84.4 Å². The number of rotatable bonds is 3. The summed E-state index contributed by atoms with van der Waals surface area (Å²) in [5, 5.41) is 15.6. The molecule has 104 valence electrons. The van der Waals surface area contributed by atoms with Crippen molar-refractivity contribution in [2.24, 2.45) is 0 Å². The number of aromatic amines is 1. The molecule has 20 heavy (non-hydrogen) atoms. The molecule has 0 spiro atoms. The highest BCUT2D eigenvalue weighted by molar-refractivity contribution is 5.88. The number of carboxylic acid groups (broad SMARTS) is 1. The number of nitrogens with one attached hydrogen (secondary N) is 1. The van der Waals surface area contributed by atoms with Crippen molar-refractivity contribution >= 4 is 5.97 Å². The van der Waals surface area contributed by atoms with Gasteiger partial charge in [0.2, 0.25) is 0 Å². The maximum Gasteiger partial charge on any atom is 0.353 e. The van der Waals surface area contributed by atoms with Gasteiger partial charge in [0, 0.05) is 12.0 Å². The zero-order valence-electron chi connectivity index (χ0n) is 11.2. The van der Waals surface area contributed by atoms with Crippen LogP contribution in [0.1, 0.15) is 21.6 Å². The molecule has 0 aliphatic carbocycles. The van der Waals surface area contributed by atoms with E-state index >= 15 is 0 Å². The van der Waals surface area contributed by atoms with Gasteiger partial charge in [0.15, 0.2) is 0 Å². The molecule has 0 unspecified atom stereocenters. The van der Waals surface area contributed by atoms with E-state index in [9.17, 15) is 4.79 Å². The Morgan fingerprint density at radius 3 is 2.95 bits per heavy atom. The maximum absolute atomic E-state index is 11.0. The number of carbonyl (C=O) groups is 1. The van der Waals surface area contributed by atoms with E-state index in [1.807, 2.05) is 13.0 Å². The molecule has 0 amide bonds. The summed E-state index contributed by atoms with van der Waals surface area (Å²) in [6.07, 6.45) is 0.760. The van der Waals surface area contributed by atoms with Crippen molar-refractivity contribution in [3.05, 3.63) is 29.0 Å². The van der Waals surface area contributed by atoms with E-state index in [1.165, 1.54) is 6.07 Å². The lowest BCUT2D eigenvalue weighted by Crippen LogP contribution is -1.96. The van der Waals surface area contributed by atoms with Gasteiger partial charge < -0.3 is 14.6 Å². The highest BCUT2D eigenvalue weighted by Crippen LogP contribution is 2.43. The number of benzene rings is 1. The van der Waals surface area contributed by atoms with Gasteiger partial charge in [-0.1, -0.05) is 0 Å². The van der Waals surface area contributed by atoms with Gasteiger partial charge in [-0.25, -0.2) is 4.79 Å². The minimum absolute atomic E-state index is 0.0521. The predicted octanol–water partition coefficient (Wildman–Crippen LogP) is 2.03. The Bertz CT molecular complexity index is 687. The van der Waals surface area contributed by atoms with Gasteiger partial charge >= 0.3 is 5.97 Å². The fourth-order valence-corrected chi connectivity index (χ4v) is 2.54. The Kier molecular flexibility index (Phi) is 2.85. The molecule has 0 saturated carbocycles. The van der Waals surface area contributed by atoms with Crippen LogP contribution in [0.15, 0.2) is 12.1 Å². The van der Waals surface area contributed by atoms with E-state index in [-0.39, 0.29) is 5.69 Å². The zero-order chi connectivity index (χ0) is 14.3. The van der Waals surface area contributed by atoms with Crippen LogP contribution < -0.4 is 9.47 Å². The average molecular weight is 274 g/mol. The number of aryl methyl sites for hydroxylation is 1. The van der Waals surface area contributed by atoms with E-state index < -0.39 is 5.97 Å². The Balaban J connectivity index is 2.23. The number of aromatic carboxylic acids is 1. The van der Waals surface area contributed by atoms with E-state index in [1.54, 1.807) is 7.11 Å². The number of methoxy groups -OCH3 is 1. The molecule has 0 saturated heterocycles. The highest BCUT2D eigenvalue weighted by atomic mass is 16.5. The summed E-state index contributed by atoms with van der Waals surface area (Å²) in [6, 6.07) is 3.45. The van der Waals surface area contributed by atoms with Gasteiger partial charge in [-0.15, -0.1) is 0 Å². The summed E-state index contributed by atoms with van der Waals surface area (Å²) in [5.41, 5.74) is 3.36. The molecule has 2 heterocycles. The molecule has 1 aromatic heterocycles. The number of fused-ring (bicyclic) bond motifs is 1. The Morgan fingerprint density at radius 2 is 2.30 bits per heavy atom. The van der Waals surface area contributed by atoms with Crippen LogP contribution in [0.4, 0.5) is 0 Å². The lowest BCUT2D eigenvalue weighted by molar-refractivity contribution is 0.0690. The number of ether oxygens (including phenoxy) is 2. The summed E-state index contributed by atoms with van der Waals surface area (Å²) in [4.78, 5) is 11.0. The number of aromatic nitrogens is 2. The molecule has 2 N–H and O–H groups in total. The SMILES string of the molecule is COc1c(C)cc2c(c1-c1cc(C(=O)O)[nH]n1)CCO2. The van der Waals surface area contributed by atoms with Crippen LogP contribution in [0.3, 0.4) is 0 Å². The van der Waals surface area contributed by atoms with Crippen LogP contribution in [0.25, 0.3) is 11.3 Å². The number of hydrogen-bond donors (Lipinski definition) is 2. The van der Waals surface area contributed by atoms with Crippen LogP contribution in [-0.4, -0.2) is 35.0 Å². The van der Waals surface area contributed by atoms with Crippen LogP contribution in [0, 0.1) is 6.92 Å². The van der Waals surface area contributed by atoms with Gasteiger partial charge in [0.25, 0.3) is 0 Å². The molecule has 0 fully saturated rings. The van der Waals surface area contributed by atoms with Crippen molar-refractivity contribution in [1.82, 2.24) is 10.2 Å². The fraction of sp³-hybridized carbons (Fsp3) is 0.286. The molecule has 0 radical (unpaired) electrons. The molecule has 1 aromatic carbocycles. The van der Waals surface area contributed by atoms with Crippen LogP contribution >= 0.6 is 0 Å². The first-order valence-corrected chi connectivity index (χ1v) is 6.24. The predicted molar refractivity (Wildman–Crippen MR) is 71.5 cm³/mol. The summed E-state index contributed by atoms with van der Waals surface area (Å²) in [7, 11) is 1.60.